The quantitative estimate of drug-likeness (QED) is 0.583. The number of unbranched alkanes of at least 4 members (excludes halogenated alkanes) is 1. The Bertz CT molecular complexity index is 701. The number of carbonyl (C=O) groups excluding carboxylic acids is 2. The number of amides is 1. The van der Waals surface area contributed by atoms with Gasteiger partial charge < -0.3 is 10.1 Å². The summed E-state index contributed by atoms with van der Waals surface area (Å²) in [4.78, 5) is 24.4. The molecule has 126 valence electrons. The lowest BCUT2D eigenvalue weighted by atomic mass is 10.0. The summed E-state index contributed by atoms with van der Waals surface area (Å²) in [6.45, 7) is 2.54. The standard InChI is InChI=1S/C19H20ClNO3/c1-2-3-11-21-18(22)13-24-17-10-9-15(20)12-16(17)19(23)14-7-5-4-6-8-14/h4-10,12H,2-3,11,13H2,1H3,(H,21,22). The van der Waals surface area contributed by atoms with Crippen molar-refractivity contribution in [3.05, 3.63) is 64.7 Å². The zero-order chi connectivity index (χ0) is 17.4. The van der Waals surface area contributed by atoms with Crippen molar-refractivity contribution in [3.63, 3.8) is 0 Å². The summed E-state index contributed by atoms with van der Waals surface area (Å²) in [6.07, 6.45) is 1.93. The summed E-state index contributed by atoms with van der Waals surface area (Å²) in [6, 6.07) is 13.7. The lowest BCUT2D eigenvalue weighted by Crippen LogP contribution is -2.29. The zero-order valence-corrected chi connectivity index (χ0v) is 14.3. The van der Waals surface area contributed by atoms with Crippen LogP contribution in [0.1, 0.15) is 35.7 Å². The molecule has 0 bridgehead atoms. The van der Waals surface area contributed by atoms with Crippen molar-refractivity contribution in [2.24, 2.45) is 0 Å². The number of rotatable bonds is 8. The van der Waals surface area contributed by atoms with Crippen LogP contribution in [0.15, 0.2) is 48.5 Å². The Balaban J connectivity index is 2.10. The average molecular weight is 346 g/mol. The summed E-state index contributed by atoms with van der Waals surface area (Å²) in [5, 5.41) is 3.21. The van der Waals surface area contributed by atoms with Crippen LogP contribution in [-0.4, -0.2) is 24.8 Å². The molecule has 1 N–H and O–H groups in total. The molecule has 0 aliphatic carbocycles. The second-order valence-electron chi connectivity index (χ2n) is 5.33. The van der Waals surface area contributed by atoms with Crippen LogP contribution < -0.4 is 10.1 Å². The summed E-state index contributed by atoms with van der Waals surface area (Å²) >= 11 is 6.01. The lowest BCUT2D eigenvalue weighted by Gasteiger charge is -2.11. The van der Waals surface area contributed by atoms with Crippen molar-refractivity contribution >= 4 is 23.3 Å². The number of hydrogen-bond donors (Lipinski definition) is 1. The first-order valence-corrected chi connectivity index (χ1v) is 8.28. The van der Waals surface area contributed by atoms with E-state index in [1.807, 2.05) is 6.07 Å². The van der Waals surface area contributed by atoms with Crippen LogP contribution >= 0.6 is 11.6 Å². The van der Waals surface area contributed by atoms with Gasteiger partial charge in [-0.05, 0) is 24.6 Å². The van der Waals surface area contributed by atoms with E-state index in [0.29, 0.717) is 28.4 Å². The molecule has 0 unspecified atom stereocenters. The van der Waals surface area contributed by atoms with E-state index in [1.165, 1.54) is 0 Å². The number of benzene rings is 2. The van der Waals surface area contributed by atoms with Crippen molar-refractivity contribution in [1.82, 2.24) is 5.32 Å². The van der Waals surface area contributed by atoms with Crippen LogP contribution in [0.25, 0.3) is 0 Å². The van der Waals surface area contributed by atoms with Gasteiger partial charge in [0.2, 0.25) is 0 Å². The fourth-order valence-corrected chi connectivity index (χ4v) is 2.32. The van der Waals surface area contributed by atoms with Gasteiger partial charge in [0.15, 0.2) is 12.4 Å². The van der Waals surface area contributed by atoms with E-state index in [4.69, 9.17) is 16.3 Å². The monoisotopic (exact) mass is 345 g/mol. The van der Waals surface area contributed by atoms with E-state index in [0.717, 1.165) is 12.8 Å². The van der Waals surface area contributed by atoms with Gasteiger partial charge in [0.1, 0.15) is 5.75 Å². The van der Waals surface area contributed by atoms with Gasteiger partial charge in [0.25, 0.3) is 5.91 Å². The first kappa shape index (κ1) is 18.0. The van der Waals surface area contributed by atoms with Crippen LogP contribution in [0, 0.1) is 0 Å². The Labute approximate surface area is 146 Å². The minimum absolute atomic E-state index is 0.138. The Morgan fingerprint density at radius 3 is 2.58 bits per heavy atom. The maximum Gasteiger partial charge on any atom is 0.257 e. The zero-order valence-electron chi connectivity index (χ0n) is 13.5. The second kappa shape index (κ2) is 9.08. The van der Waals surface area contributed by atoms with E-state index < -0.39 is 0 Å². The largest absolute Gasteiger partial charge is 0.483 e. The Morgan fingerprint density at radius 2 is 1.88 bits per heavy atom. The van der Waals surface area contributed by atoms with Crippen molar-refractivity contribution < 1.29 is 14.3 Å². The third kappa shape index (κ3) is 5.10. The van der Waals surface area contributed by atoms with E-state index in [1.54, 1.807) is 42.5 Å². The first-order chi connectivity index (χ1) is 11.6. The molecule has 1 amide bonds. The van der Waals surface area contributed by atoms with Gasteiger partial charge in [-0.1, -0.05) is 55.3 Å². The lowest BCUT2D eigenvalue weighted by molar-refractivity contribution is -0.123. The van der Waals surface area contributed by atoms with E-state index in [-0.39, 0.29) is 18.3 Å². The Hall–Kier alpha value is -2.33. The summed E-state index contributed by atoms with van der Waals surface area (Å²) in [5.74, 6) is -0.0603. The highest BCUT2D eigenvalue weighted by molar-refractivity contribution is 6.31. The van der Waals surface area contributed by atoms with Gasteiger partial charge in [-0.15, -0.1) is 0 Å². The summed E-state index contributed by atoms with van der Waals surface area (Å²) in [7, 11) is 0. The number of halogens is 1. The topological polar surface area (TPSA) is 55.4 Å². The second-order valence-corrected chi connectivity index (χ2v) is 5.76. The Morgan fingerprint density at radius 1 is 1.12 bits per heavy atom. The SMILES string of the molecule is CCCCNC(=O)COc1ccc(Cl)cc1C(=O)c1ccccc1. The number of nitrogens with one attached hydrogen (secondary N) is 1. The van der Waals surface area contributed by atoms with Crippen LogP contribution in [0.5, 0.6) is 5.75 Å². The molecule has 0 aliphatic heterocycles. The number of ether oxygens (including phenoxy) is 1. The van der Waals surface area contributed by atoms with Crippen molar-refractivity contribution in [3.8, 4) is 5.75 Å². The molecule has 0 heterocycles. The number of ketones is 1. The minimum Gasteiger partial charge on any atom is -0.483 e. The summed E-state index contributed by atoms with van der Waals surface area (Å²) in [5.41, 5.74) is 0.882. The van der Waals surface area contributed by atoms with Gasteiger partial charge in [0, 0.05) is 17.1 Å². The van der Waals surface area contributed by atoms with Gasteiger partial charge in [-0.3, -0.25) is 9.59 Å². The van der Waals surface area contributed by atoms with E-state index in [9.17, 15) is 9.59 Å². The van der Waals surface area contributed by atoms with Crippen molar-refractivity contribution in [2.75, 3.05) is 13.2 Å². The molecule has 0 radical (unpaired) electrons. The molecule has 0 saturated heterocycles. The predicted molar refractivity (Wildman–Crippen MR) is 94.7 cm³/mol. The number of carbonyl (C=O) groups is 2. The highest BCUT2D eigenvalue weighted by Gasteiger charge is 2.16. The molecule has 0 atom stereocenters. The first-order valence-electron chi connectivity index (χ1n) is 7.90. The maximum atomic E-state index is 12.6. The molecule has 5 heteroatoms. The fraction of sp³-hybridized carbons (Fsp3) is 0.263. The molecule has 2 aromatic rings. The molecule has 4 nitrogen and oxygen atoms in total. The van der Waals surface area contributed by atoms with Crippen molar-refractivity contribution in [1.29, 1.82) is 0 Å². The maximum absolute atomic E-state index is 12.6. The number of hydrogen-bond acceptors (Lipinski definition) is 3. The van der Waals surface area contributed by atoms with Gasteiger partial charge in [-0.25, -0.2) is 0 Å². The third-order valence-corrected chi connectivity index (χ3v) is 3.67. The van der Waals surface area contributed by atoms with Gasteiger partial charge >= 0.3 is 0 Å². The van der Waals surface area contributed by atoms with Crippen LogP contribution in [0.3, 0.4) is 0 Å². The van der Waals surface area contributed by atoms with Gasteiger partial charge in [-0.2, -0.15) is 0 Å². The molecule has 24 heavy (non-hydrogen) atoms. The third-order valence-electron chi connectivity index (χ3n) is 3.43. The molecule has 0 aliphatic rings. The van der Waals surface area contributed by atoms with E-state index >= 15 is 0 Å². The van der Waals surface area contributed by atoms with Gasteiger partial charge in [0.05, 0.1) is 5.56 Å². The molecular formula is C19H20ClNO3. The summed E-state index contributed by atoms with van der Waals surface area (Å²) < 4.78 is 5.54. The van der Waals surface area contributed by atoms with E-state index in [2.05, 4.69) is 12.2 Å². The molecule has 2 rings (SSSR count). The van der Waals surface area contributed by atoms with Crippen LogP contribution in [-0.2, 0) is 4.79 Å². The van der Waals surface area contributed by atoms with Crippen molar-refractivity contribution in [2.45, 2.75) is 19.8 Å². The fourth-order valence-electron chi connectivity index (χ4n) is 2.15. The molecule has 0 aromatic heterocycles. The highest BCUT2D eigenvalue weighted by Crippen LogP contribution is 2.25. The normalized spacial score (nSPS) is 10.2. The molecule has 0 fully saturated rings. The smallest absolute Gasteiger partial charge is 0.257 e. The highest BCUT2D eigenvalue weighted by atomic mass is 35.5. The molecule has 0 saturated carbocycles. The Kier molecular flexibility index (Phi) is 6.82. The molecule has 0 spiro atoms. The average Bonchev–Trinajstić information content (AvgIpc) is 2.61. The predicted octanol–water partition coefficient (Wildman–Crippen LogP) is 3.87. The molecular weight excluding hydrogens is 326 g/mol. The van der Waals surface area contributed by atoms with Crippen LogP contribution in [0.2, 0.25) is 5.02 Å². The molecule has 2 aromatic carbocycles. The minimum atomic E-state index is -0.212. The van der Waals surface area contributed by atoms with Crippen LogP contribution in [0.4, 0.5) is 0 Å².